The van der Waals surface area contributed by atoms with E-state index in [1.54, 1.807) is 0 Å². The fourth-order valence-electron chi connectivity index (χ4n) is 3.80. The standard InChI is InChI=1S/C29H52O8/c1-22(2)14-8-11-17-34-26(31)20-29(37-25(7)30,28(33)36-19-13-10-16-24(5)6)21-27(32)35-18-12-9-15-23(3)4/h22-24H,8-21H2,1-7H3. The number of hydrogen-bond acceptors (Lipinski definition) is 8. The Kier molecular flexibility index (Phi) is 18.8. The first kappa shape index (κ1) is 34.9. The molecule has 0 heterocycles. The van der Waals surface area contributed by atoms with Crippen molar-refractivity contribution in [1.29, 1.82) is 0 Å². The second kappa shape index (κ2) is 19.9. The van der Waals surface area contributed by atoms with Gasteiger partial charge in [0.25, 0.3) is 0 Å². The molecule has 0 radical (unpaired) electrons. The van der Waals surface area contributed by atoms with E-state index in [9.17, 15) is 19.2 Å². The summed E-state index contributed by atoms with van der Waals surface area (Å²) in [6, 6.07) is 0. The summed E-state index contributed by atoms with van der Waals surface area (Å²) in [6.07, 6.45) is 6.47. The van der Waals surface area contributed by atoms with Gasteiger partial charge in [-0.2, -0.15) is 0 Å². The van der Waals surface area contributed by atoms with E-state index in [0.29, 0.717) is 37.0 Å². The number of rotatable bonds is 21. The topological polar surface area (TPSA) is 105 Å². The molecule has 0 aliphatic carbocycles. The molecule has 0 saturated carbocycles. The molecule has 0 rings (SSSR count). The number of carbonyl (C=O) groups is 4. The van der Waals surface area contributed by atoms with Crippen LogP contribution in [-0.2, 0) is 38.1 Å². The van der Waals surface area contributed by atoms with Crippen LogP contribution in [0.2, 0.25) is 0 Å². The third-order valence-electron chi connectivity index (χ3n) is 5.86. The molecule has 0 atom stereocenters. The van der Waals surface area contributed by atoms with Gasteiger partial charge in [0.2, 0.25) is 5.60 Å². The third-order valence-corrected chi connectivity index (χ3v) is 5.86. The van der Waals surface area contributed by atoms with Crippen molar-refractivity contribution in [3.05, 3.63) is 0 Å². The minimum atomic E-state index is -2.12. The molecular formula is C29H52O8. The van der Waals surface area contributed by atoms with Crippen LogP contribution in [0.1, 0.15) is 119 Å². The summed E-state index contributed by atoms with van der Waals surface area (Å²) in [5.74, 6) is -1.55. The molecule has 0 saturated heterocycles. The minimum absolute atomic E-state index is 0.100. The Balaban J connectivity index is 5.30. The molecule has 37 heavy (non-hydrogen) atoms. The number of esters is 4. The van der Waals surface area contributed by atoms with E-state index in [1.165, 1.54) is 0 Å². The van der Waals surface area contributed by atoms with E-state index in [1.807, 2.05) is 0 Å². The Labute approximate surface area is 224 Å². The van der Waals surface area contributed by atoms with Crippen molar-refractivity contribution in [1.82, 2.24) is 0 Å². The molecule has 8 heteroatoms. The van der Waals surface area contributed by atoms with Gasteiger partial charge >= 0.3 is 23.9 Å². The van der Waals surface area contributed by atoms with Crippen molar-refractivity contribution >= 4 is 23.9 Å². The summed E-state index contributed by atoms with van der Waals surface area (Å²) in [6.45, 7) is 14.3. The number of hydrogen-bond donors (Lipinski definition) is 0. The van der Waals surface area contributed by atoms with Crippen molar-refractivity contribution in [2.24, 2.45) is 17.8 Å². The highest BCUT2D eigenvalue weighted by Gasteiger charge is 2.48. The SMILES string of the molecule is CC(=O)OC(CC(=O)OCCCCC(C)C)(CC(=O)OCCCCC(C)C)C(=O)OCCCCC(C)C. The highest BCUT2D eigenvalue weighted by Crippen LogP contribution is 2.26. The molecule has 0 unspecified atom stereocenters. The van der Waals surface area contributed by atoms with Gasteiger partial charge in [0.1, 0.15) is 0 Å². The zero-order valence-electron chi connectivity index (χ0n) is 24.4. The summed E-state index contributed by atoms with van der Waals surface area (Å²) in [7, 11) is 0. The van der Waals surface area contributed by atoms with Crippen LogP contribution in [0.15, 0.2) is 0 Å². The summed E-state index contributed by atoms with van der Waals surface area (Å²) < 4.78 is 21.4. The van der Waals surface area contributed by atoms with E-state index >= 15 is 0 Å². The second-order valence-electron chi connectivity index (χ2n) is 11.2. The molecule has 8 nitrogen and oxygen atoms in total. The largest absolute Gasteiger partial charge is 0.466 e. The summed E-state index contributed by atoms with van der Waals surface area (Å²) in [4.78, 5) is 50.5. The lowest BCUT2D eigenvalue weighted by molar-refractivity contribution is -0.190. The van der Waals surface area contributed by atoms with E-state index in [0.717, 1.165) is 45.4 Å². The van der Waals surface area contributed by atoms with Crippen LogP contribution < -0.4 is 0 Å². The van der Waals surface area contributed by atoms with Gasteiger partial charge in [-0.25, -0.2) is 4.79 Å². The summed E-state index contributed by atoms with van der Waals surface area (Å²) >= 11 is 0. The number of carbonyl (C=O) groups excluding carboxylic acids is 4. The van der Waals surface area contributed by atoms with Gasteiger partial charge in [0, 0.05) is 6.92 Å². The van der Waals surface area contributed by atoms with Gasteiger partial charge in [-0.3, -0.25) is 14.4 Å². The van der Waals surface area contributed by atoms with Crippen LogP contribution in [0, 0.1) is 17.8 Å². The average Bonchev–Trinajstić information content (AvgIpc) is 2.76. The van der Waals surface area contributed by atoms with Gasteiger partial charge in [-0.05, 0) is 56.3 Å². The van der Waals surface area contributed by atoms with Crippen LogP contribution in [0.25, 0.3) is 0 Å². The van der Waals surface area contributed by atoms with E-state index in [-0.39, 0.29) is 19.8 Å². The second-order valence-corrected chi connectivity index (χ2v) is 11.2. The molecule has 0 aliphatic heterocycles. The molecule has 216 valence electrons. The Morgan fingerprint density at radius 2 is 0.919 bits per heavy atom. The van der Waals surface area contributed by atoms with Gasteiger partial charge in [-0.15, -0.1) is 0 Å². The summed E-state index contributed by atoms with van der Waals surface area (Å²) in [5.41, 5.74) is -2.12. The molecule has 0 N–H and O–H groups in total. The molecular weight excluding hydrogens is 476 g/mol. The molecule has 0 aromatic rings. The number of ether oxygens (including phenoxy) is 4. The molecule has 0 aliphatic rings. The minimum Gasteiger partial charge on any atom is -0.466 e. The first-order chi connectivity index (χ1) is 17.4. The fourth-order valence-corrected chi connectivity index (χ4v) is 3.80. The molecule has 0 spiro atoms. The Hall–Kier alpha value is -2.12. The molecule has 0 amide bonds. The lowest BCUT2D eigenvalue weighted by Gasteiger charge is -2.29. The highest BCUT2D eigenvalue weighted by atomic mass is 16.6. The highest BCUT2D eigenvalue weighted by molar-refractivity contribution is 5.92. The maximum absolute atomic E-state index is 13.2. The quantitative estimate of drug-likeness (QED) is 0.0988. The predicted octanol–water partition coefficient (Wildman–Crippen LogP) is 6.18. The van der Waals surface area contributed by atoms with Crippen molar-refractivity contribution < 1.29 is 38.1 Å². The summed E-state index contributed by atoms with van der Waals surface area (Å²) in [5, 5.41) is 0. The monoisotopic (exact) mass is 528 g/mol. The zero-order valence-corrected chi connectivity index (χ0v) is 24.4. The molecule has 0 aromatic carbocycles. The van der Waals surface area contributed by atoms with E-state index in [4.69, 9.17) is 18.9 Å². The molecule has 0 aromatic heterocycles. The lowest BCUT2D eigenvalue weighted by Crippen LogP contribution is -2.48. The maximum Gasteiger partial charge on any atom is 0.351 e. The zero-order chi connectivity index (χ0) is 28.3. The van der Waals surface area contributed by atoms with Crippen LogP contribution in [-0.4, -0.2) is 49.3 Å². The van der Waals surface area contributed by atoms with Crippen LogP contribution in [0.4, 0.5) is 0 Å². The van der Waals surface area contributed by atoms with E-state index in [2.05, 4.69) is 41.5 Å². The van der Waals surface area contributed by atoms with Gasteiger partial charge in [0.05, 0.1) is 32.7 Å². The lowest BCUT2D eigenvalue weighted by atomic mass is 9.94. The molecule has 0 bridgehead atoms. The van der Waals surface area contributed by atoms with Crippen molar-refractivity contribution in [2.45, 2.75) is 125 Å². The first-order valence-corrected chi connectivity index (χ1v) is 14.1. The smallest absolute Gasteiger partial charge is 0.351 e. The maximum atomic E-state index is 13.2. The van der Waals surface area contributed by atoms with Gasteiger partial charge < -0.3 is 18.9 Å². The Bertz CT molecular complexity index is 637. The third kappa shape index (κ3) is 18.7. The Morgan fingerprint density at radius 1 is 0.568 bits per heavy atom. The van der Waals surface area contributed by atoms with Crippen LogP contribution >= 0.6 is 0 Å². The van der Waals surface area contributed by atoms with Crippen LogP contribution in [0.3, 0.4) is 0 Å². The van der Waals surface area contributed by atoms with Gasteiger partial charge in [-0.1, -0.05) is 60.8 Å². The van der Waals surface area contributed by atoms with E-state index < -0.39 is 42.3 Å². The predicted molar refractivity (Wildman–Crippen MR) is 143 cm³/mol. The molecule has 0 fully saturated rings. The van der Waals surface area contributed by atoms with Crippen molar-refractivity contribution in [3.63, 3.8) is 0 Å². The van der Waals surface area contributed by atoms with Crippen molar-refractivity contribution in [2.75, 3.05) is 19.8 Å². The first-order valence-electron chi connectivity index (χ1n) is 14.1. The normalized spacial score (nSPS) is 11.6. The Morgan fingerprint density at radius 3 is 1.24 bits per heavy atom. The average molecular weight is 529 g/mol. The van der Waals surface area contributed by atoms with Gasteiger partial charge in [0.15, 0.2) is 0 Å². The van der Waals surface area contributed by atoms with Crippen molar-refractivity contribution in [3.8, 4) is 0 Å². The fraction of sp³-hybridized carbons (Fsp3) is 0.862. The van der Waals surface area contributed by atoms with Crippen LogP contribution in [0.5, 0.6) is 0 Å². The number of unbranched alkanes of at least 4 members (excludes halogenated alkanes) is 3.